The number of aliphatic hydroxyl groups is 1. The van der Waals surface area contributed by atoms with Crippen LogP contribution in [0, 0.1) is 6.92 Å². The summed E-state index contributed by atoms with van der Waals surface area (Å²) in [5, 5.41) is 17.5. The van der Waals surface area contributed by atoms with E-state index in [1.165, 1.54) is 6.20 Å². The molecule has 0 saturated heterocycles. The molecule has 5 nitrogen and oxygen atoms in total. The van der Waals surface area contributed by atoms with Crippen molar-refractivity contribution in [2.24, 2.45) is 7.05 Å². The molecular formula is C7H10N2O3. The Balaban J connectivity index is 2.96. The molecule has 0 aromatic carbocycles. The Morgan fingerprint density at radius 1 is 1.75 bits per heavy atom. The molecule has 0 saturated carbocycles. The Bertz CT molecular complexity index is 286. The molecule has 1 unspecified atom stereocenters. The molecule has 1 rings (SSSR count). The van der Waals surface area contributed by atoms with Crippen LogP contribution < -0.4 is 0 Å². The predicted octanol–water partition coefficient (Wildman–Crippen LogP) is -0.153. The first-order valence-electron chi connectivity index (χ1n) is 3.43. The third kappa shape index (κ3) is 1.45. The second-order valence-corrected chi connectivity index (χ2v) is 2.56. The first-order chi connectivity index (χ1) is 5.52. The van der Waals surface area contributed by atoms with Gasteiger partial charge in [-0.15, -0.1) is 0 Å². The van der Waals surface area contributed by atoms with Crippen LogP contribution in [0.5, 0.6) is 0 Å². The molecule has 0 fully saturated rings. The molecule has 1 aromatic rings. The highest BCUT2D eigenvalue weighted by atomic mass is 16.4. The van der Waals surface area contributed by atoms with E-state index in [0.29, 0.717) is 5.82 Å². The lowest BCUT2D eigenvalue weighted by molar-refractivity contribution is -0.147. The number of nitrogens with zero attached hydrogens (tertiary/aromatic N) is 2. The number of rotatable bonds is 2. The number of carboxylic acid groups (broad SMARTS) is 1. The van der Waals surface area contributed by atoms with Crippen LogP contribution in [0.2, 0.25) is 0 Å². The molecule has 0 amide bonds. The lowest BCUT2D eigenvalue weighted by Gasteiger charge is -1.98. The third-order valence-corrected chi connectivity index (χ3v) is 1.64. The van der Waals surface area contributed by atoms with Crippen LogP contribution in [0.4, 0.5) is 0 Å². The van der Waals surface area contributed by atoms with Crippen molar-refractivity contribution >= 4 is 5.97 Å². The fourth-order valence-electron chi connectivity index (χ4n) is 0.845. The van der Waals surface area contributed by atoms with Gasteiger partial charge in [0.2, 0.25) is 0 Å². The summed E-state index contributed by atoms with van der Waals surface area (Å²) in [5.41, 5.74) is 0.169. The number of aliphatic hydroxyl groups excluding tert-OH is 1. The lowest BCUT2D eigenvalue weighted by Crippen LogP contribution is -2.10. The van der Waals surface area contributed by atoms with Crippen molar-refractivity contribution < 1.29 is 15.0 Å². The number of aromatic nitrogens is 2. The van der Waals surface area contributed by atoms with E-state index < -0.39 is 12.1 Å². The number of aryl methyl sites for hydroxylation is 2. The van der Waals surface area contributed by atoms with Gasteiger partial charge in [0.1, 0.15) is 5.82 Å². The zero-order chi connectivity index (χ0) is 9.30. The van der Waals surface area contributed by atoms with Crippen LogP contribution in [0.25, 0.3) is 0 Å². The van der Waals surface area contributed by atoms with E-state index >= 15 is 0 Å². The van der Waals surface area contributed by atoms with Crippen molar-refractivity contribution in [3.05, 3.63) is 17.7 Å². The molecule has 5 heteroatoms. The van der Waals surface area contributed by atoms with Gasteiger partial charge in [0.15, 0.2) is 6.10 Å². The van der Waals surface area contributed by atoms with Gasteiger partial charge in [-0.25, -0.2) is 9.78 Å². The van der Waals surface area contributed by atoms with E-state index in [4.69, 9.17) is 10.2 Å². The van der Waals surface area contributed by atoms with Crippen LogP contribution in [-0.4, -0.2) is 25.7 Å². The Labute approximate surface area is 69.3 Å². The van der Waals surface area contributed by atoms with Gasteiger partial charge in [-0.2, -0.15) is 0 Å². The standard InChI is InChI=1S/C7H10N2O3/c1-4-8-5(3-9(4)2)6(10)7(11)12/h3,6,10H,1-2H3,(H,11,12). The molecule has 0 aliphatic carbocycles. The Kier molecular flexibility index (Phi) is 2.14. The molecule has 1 atom stereocenters. The predicted molar refractivity (Wildman–Crippen MR) is 40.5 cm³/mol. The number of aliphatic carboxylic acids is 1. The molecule has 0 aliphatic rings. The zero-order valence-corrected chi connectivity index (χ0v) is 6.85. The van der Waals surface area contributed by atoms with Gasteiger partial charge < -0.3 is 14.8 Å². The first kappa shape index (κ1) is 8.73. The lowest BCUT2D eigenvalue weighted by atomic mass is 10.3. The fraction of sp³-hybridized carbons (Fsp3) is 0.429. The number of carbonyl (C=O) groups is 1. The van der Waals surface area contributed by atoms with E-state index in [9.17, 15) is 4.79 Å². The molecule has 12 heavy (non-hydrogen) atoms. The minimum Gasteiger partial charge on any atom is -0.479 e. The average molecular weight is 170 g/mol. The Hall–Kier alpha value is -1.36. The minimum atomic E-state index is -1.52. The molecule has 2 N–H and O–H groups in total. The van der Waals surface area contributed by atoms with Crippen molar-refractivity contribution in [1.82, 2.24) is 9.55 Å². The van der Waals surface area contributed by atoms with Gasteiger partial charge in [-0.3, -0.25) is 0 Å². The number of hydrogen-bond acceptors (Lipinski definition) is 3. The van der Waals surface area contributed by atoms with E-state index in [0.717, 1.165) is 0 Å². The number of imidazole rings is 1. The number of hydrogen-bond donors (Lipinski definition) is 2. The molecule has 66 valence electrons. The zero-order valence-electron chi connectivity index (χ0n) is 6.85. The fourth-order valence-corrected chi connectivity index (χ4v) is 0.845. The summed E-state index contributed by atoms with van der Waals surface area (Å²) < 4.78 is 1.65. The van der Waals surface area contributed by atoms with Crippen LogP contribution >= 0.6 is 0 Å². The van der Waals surface area contributed by atoms with Gasteiger partial charge >= 0.3 is 5.97 Å². The van der Waals surface area contributed by atoms with Gasteiger partial charge in [-0.05, 0) is 6.92 Å². The van der Waals surface area contributed by atoms with Gasteiger partial charge in [-0.1, -0.05) is 0 Å². The van der Waals surface area contributed by atoms with Crippen LogP contribution in [0.3, 0.4) is 0 Å². The molecule has 0 aliphatic heterocycles. The second-order valence-electron chi connectivity index (χ2n) is 2.56. The van der Waals surface area contributed by atoms with E-state index in [1.54, 1.807) is 18.5 Å². The summed E-state index contributed by atoms with van der Waals surface area (Å²) in [5.74, 6) is -0.613. The highest BCUT2D eigenvalue weighted by Gasteiger charge is 2.18. The number of carboxylic acids is 1. The van der Waals surface area contributed by atoms with E-state index in [1.807, 2.05) is 0 Å². The minimum absolute atomic E-state index is 0.169. The van der Waals surface area contributed by atoms with Gasteiger partial charge in [0, 0.05) is 13.2 Å². The summed E-state index contributed by atoms with van der Waals surface area (Å²) in [4.78, 5) is 14.2. The second kappa shape index (κ2) is 2.94. The van der Waals surface area contributed by atoms with Gasteiger partial charge in [0.25, 0.3) is 0 Å². The topological polar surface area (TPSA) is 75.3 Å². The molecule has 1 heterocycles. The third-order valence-electron chi connectivity index (χ3n) is 1.64. The summed E-state index contributed by atoms with van der Waals surface area (Å²) >= 11 is 0. The molecule has 0 spiro atoms. The molecular weight excluding hydrogens is 160 g/mol. The maximum Gasteiger partial charge on any atom is 0.338 e. The molecule has 0 radical (unpaired) electrons. The first-order valence-corrected chi connectivity index (χ1v) is 3.43. The normalized spacial score (nSPS) is 12.9. The van der Waals surface area contributed by atoms with Crippen LogP contribution in [-0.2, 0) is 11.8 Å². The average Bonchev–Trinajstić information content (AvgIpc) is 2.30. The highest BCUT2D eigenvalue weighted by Crippen LogP contribution is 2.10. The maximum absolute atomic E-state index is 10.3. The van der Waals surface area contributed by atoms with Gasteiger partial charge in [0.05, 0.1) is 5.69 Å². The summed E-state index contributed by atoms with van der Waals surface area (Å²) in [6.45, 7) is 1.73. The summed E-state index contributed by atoms with van der Waals surface area (Å²) in [6.07, 6.45) is -0.0291. The largest absolute Gasteiger partial charge is 0.479 e. The summed E-state index contributed by atoms with van der Waals surface area (Å²) in [6, 6.07) is 0. The smallest absolute Gasteiger partial charge is 0.338 e. The van der Waals surface area contributed by atoms with Crippen molar-refractivity contribution in [1.29, 1.82) is 0 Å². The molecule has 1 aromatic heterocycles. The SMILES string of the molecule is Cc1nc(C(O)C(=O)O)cn1C. The Morgan fingerprint density at radius 3 is 2.67 bits per heavy atom. The summed E-state index contributed by atoms with van der Waals surface area (Å²) in [7, 11) is 1.74. The monoisotopic (exact) mass is 170 g/mol. The van der Waals surface area contributed by atoms with E-state index in [2.05, 4.69) is 4.98 Å². The quantitative estimate of drug-likeness (QED) is 0.647. The van der Waals surface area contributed by atoms with Crippen molar-refractivity contribution in [2.45, 2.75) is 13.0 Å². The highest BCUT2D eigenvalue weighted by molar-refractivity contribution is 5.73. The Morgan fingerprint density at radius 2 is 2.33 bits per heavy atom. The van der Waals surface area contributed by atoms with Crippen molar-refractivity contribution in [2.75, 3.05) is 0 Å². The van der Waals surface area contributed by atoms with E-state index in [-0.39, 0.29) is 5.69 Å². The van der Waals surface area contributed by atoms with Crippen LogP contribution in [0.1, 0.15) is 17.6 Å². The van der Waals surface area contributed by atoms with Crippen molar-refractivity contribution in [3.8, 4) is 0 Å². The van der Waals surface area contributed by atoms with Crippen LogP contribution in [0.15, 0.2) is 6.20 Å². The maximum atomic E-state index is 10.3. The molecule has 0 bridgehead atoms. The van der Waals surface area contributed by atoms with Crippen molar-refractivity contribution in [3.63, 3.8) is 0 Å².